The van der Waals surface area contributed by atoms with Crippen molar-refractivity contribution in [1.82, 2.24) is 9.88 Å². The molecule has 2 aromatic rings. The number of likely N-dealkylation sites (tertiary alicyclic amines) is 1. The van der Waals surface area contributed by atoms with Crippen LogP contribution in [-0.2, 0) is 9.59 Å². The Morgan fingerprint density at radius 3 is 2.73 bits per heavy atom. The molecule has 132 valence electrons. The Balaban J connectivity index is 1.53. The predicted octanol–water partition coefficient (Wildman–Crippen LogP) is 3.25. The zero-order chi connectivity index (χ0) is 18.1. The van der Waals surface area contributed by atoms with Gasteiger partial charge < -0.3 is 10.2 Å². The highest BCUT2D eigenvalue weighted by atomic mass is 16.2. The van der Waals surface area contributed by atoms with Crippen molar-refractivity contribution in [3.8, 4) is 11.1 Å². The fourth-order valence-electron chi connectivity index (χ4n) is 3.71. The lowest BCUT2D eigenvalue weighted by Crippen LogP contribution is -2.42. The molecule has 1 spiro atoms. The Kier molecular flexibility index (Phi) is 4.07. The van der Waals surface area contributed by atoms with Crippen molar-refractivity contribution in [1.29, 1.82) is 0 Å². The minimum absolute atomic E-state index is 0.132. The maximum Gasteiger partial charge on any atom is 0.247 e. The van der Waals surface area contributed by atoms with Gasteiger partial charge in [-0.05, 0) is 54.5 Å². The van der Waals surface area contributed by atoms with Crippen molar-refractivity contribution < 1.29 is 9.59 Å². The summed E-state index contributed by atoms with van der Waals surface area (Å²) in [6, 6.07) is 11.1. The number of nitrogens with one attached hydrogen (secondary N) is 1. The van der Waals surface area contributed by atoms with Gasteiger partial charge in [0.1, 0.15) is 6.04 Å². The Morgan fingerprint density at radius 1 is 1.23 bits per heavy atom. The Bertz CT molecular complexity index is 859. The number of hydrogen-bond donors (Lipinski definition) is 1. The van der Waals surface area contributed by atoms with Crippen molar-refractivity contribution in [2.24, 2.45) is 5.41 Å². The maximum atomic E-state index is 12.9. The molecule has 1 saturated carbocycles. The summed E-state index contributed by atoms with van der Waals surface area (Å²) in [5, 5.41) is 2.98. The lowest BCUT2D eigenvalue weighted by molar-refractivity contribution is -0.132. The minimum atomic E-state index is -0.426. The number of anilines is 1. The van der Waals surface area contributed by atoms with Gasteiger partial charge in [-0.2, -0.15) is 0 Å². The molecule has 1 N–H and O–H groups in total. The first kappa shape index (κ1) is 16.5. The first-order valence-electron chi connectivity index (χ1n) is 8.85. The average Bonchev–Trinajstić information content (AvgIpc) is 3.32. The van der Waals surface area contributed by atoms with E-state index >= 15 is 0 Å². The molecular formula is C21H21N3O2. The van der Waals surface area contributed by atoms with Crippen LogP contribution in [0.1, 0.15) is 19.3 Å². The molecular weight excluding hydrogens is 326 g/mol. The number of amides is 2. The van der Waals surface area contributed by atoms with Gasteiger partial charge in [-0.25, -0.2) is 0 Å². The summed E-state index contributed by atoms with van der Waals surface area (Å²) < 4.78 is 0. The lowest BCUT2D eigenvalue weighted by atomic mass is 10.0. The van der Waals surface area contributed by atoms with Gasteiger partial charge in [0, 0.05) is 30.2 Å². The van der Waals surface area contributed by atoms with Crippen LogP contribution in [0.5, 0.6) is 0 Å². The number of carbonyl (C=O) groups excluding carboxylic acids is 2. The fourth-order valence-corrected chi connectivity index (χ4v) is 3.71. The van der Waals surface area contributed by atoms with Crippen molar-refractivity contribution in [3.05, 3.63) is 61.4 Å². The third kappa shape index (κ3) is 3.12. The molecule has 2 aliphatic rings. The van der Waals surface area contributed by atoms with Crippen LogP contribution in [0.4, 0.5) is 5.69 Å². The van der Waals surface area contributed by atoms with Crippen LogP contribution in [0.15, 0.2) is 61.4 Å². The molecule has 0 unspecified atom stereocenters. The molecule has 1 aromatic heterocycles. The molecule has 26 heavy (non-hydrogen) atoms. The summed E-state index contributed by atoms with van der Waals surface area (Å²) in [6.07, 6.45) is 7.74. The van der Waals surface area contributed by atoms with Gasteiger partial charge in [0.2, 0.25) is 11.8 Å². The van der Waals surface area contributed by atoms with Crippen LogP contribution >= 0.6 is 0 Å². The van der Waals surface area contributed by atoms with E-state index in [1.807, 2.05) is 36.4 Å². The molecule has 1 aliphatic carbocycles. The first-order valence-corrected chi connectivity index (χ1v) is 8.85. The molecule has 0 bridgehead atoms. The number of benzene rings is 1. The van der Waals surface area contributed by atoms with E-state index in [9.17, 15) is 9.59 Å². The van der Waals surface area contributed by atoms with E-state index in [4.69, 9.17) is 0 Å². The number of rotatable bonds is 4. The third-order valence-electron chi connectivity index (χ3n) is 5.35. The average molecular weight is 347 g/mol. The number of nitrogens with zero attached hydrogens (tertiary/aromatic N) is 2. The van der Waals surface area contributed by atoms with Crippen molar-refractivity contribution in [3.63, 3.8) is 0 Å². The number of aromatic nitrogens is 1. The molecule has 5 heteroatoms. The maximum absolute atomic E-state index is 12.9. The van der Waals surface area contributed by atoms with Crippen LogP contribution in [0, 0.1) is 5.41 Å². The Hall–Kier alpha value is -2.95. The molecule has 1 aliphatic heterocycles. The van der Waals surface area contributed by atoms with E-state index in [-0.39, 0.29) is 17.2 Å². The molecule has 1 atom stereocenters. The zero-order valence-electron chi connectivity index (χ0n) is 14.5. The summed E-state index contributed by atoms with van der Waals surface area (Å²) >= 11 is 0. The Morgan fingerprint density at radius 2 is 2.04 bits per heavy atom. The van der Waals surface area contributed by atoms with E-state index in [1.54, 1.807) is 17.3 Å². The highest BCUT2D eigenvalue weighted by Crippen LogP contribution is 2.54. The summed E-state index contributed by atoms with van der Waals surface area (Å²) in [5.41, 5.74) is 2.85. The number of carbonyl (C=O) groups is 2. The van der Waals surface area contributed by atoms with Crippen molar-refractivity contribution in [2.45, 2.75) is 25.3 Å². The molecule has 1 saturated heterocycles. The van der Waals surface area contributed by atoms with Gasteiger partial charge in [-0.15, -0.1) is 0 Å². The quantitative estimate of drug-likeness (QED) is 0.864. The normalized spacial score (nSPS) is 20.0. The highest BCUT2D eigenvalue weighted by molar-refractivity contribution is 5.99. The van der Waals surface area contributed by atoms with Crippen molar-refractivity contribution >= 4 is 17.5 Å². The topological polar surface area (TPSA) is 62.3 Å². The molecule has 4 rings (SSSR count). The van der Waals surface area contributed by atoms with E-state index in [0.29, 0.717) is 6.54 Å². The van der Waals surface area contributed by atoms with Crippen LogP contribution in [-0.4, -0.2) is 34.3 Å². The summed E-state index contributed by atoms with van der Waals surface area (Å²) in [6.45, 7) is 4.23. The number of pyridine rings is 1. The summed E-state index contributed by atoms with van der Waals surface area (Å²) in [5.74, 6) is -0.301. The van der Waals surface area contributed by atoms with Gasteiger partial charge in [0.15, 0.2) is 0 Å². The second-order valence-corrected chi connectivity index (χ2v) is 7.20. The summed E-state index contributed by atoms with van der Waals surface area (Å²) in [7, 11) is 0. The van der Waals surface area contributed by atoms with Gasteiger partial charge >= 0.3 is 0 Å². The largest absolute Gasteiger partial charge is 0.327 e. The second kappa shape index (κ2) is 6.41. The van der Waals surface area contributed by atoms with Crippen LogP contribution in [0.25, 0.3) is 11.1 Å². The molecule has 1 aromatic carbocycles. The van der Waals surface area contributed by atoms with E-state index < -0.39 is 6.04 Å². The summed E-state index contributed by atoms with van der Waals surface area (Å²) in [4.78, 5) is 30.8. The minimum Gasteiger partial charge on any atom is -0.327 e. The molecule has 5 nitrogen and oxygen atoms in total. The third-order valence-corrected chi connectivity index (χ3v) is 5.35. The second-order valence-electron chi connectivity index (χ2n) is 7.20. The van der Waals surface area contributed by atoms with E-state index in [2.05, 4.69) is 16.9 Å². The standard InChI is InChI=1S/C21H21N3O2/c1-2-19(25)24-14-21(8-9-21)12-18(24)20(26)23-17-7-3-5-15(11-17)16-6-4-10-22-13-16/h2-7,10-11,13,18H,1,8-9,12,14H2,(H,23,26)/t18-/m0/s1. The fraction of sp³-hybridized carbons (Fsp3) is 0.286. The molecule has 2 amide bonds. The monoisotopic (exact) mass is 347 g/mol. The molecule has 2 heterocycles. The van der Waals surface area contributed by atoms with Gasteiger partial charge in [0.05, 0.1) is 0 Å². The van der Waals surface area contributed by atoms with E-state index in [1.165, 1.54) is 6.08 Å². The smallest absolute Gasteiger partial charge is 0.247 e. The van der Waals surface area contributed by atoms with Crippen molar-refractivity contribution in [2.75, 3.05) is 11.9 Å². The van der Waals surface area contributed by atoms with Crippen LogP contribution < -0.4 is 5.32 Å². The molecule has 0 radical (unpaired) electrons. The van der Waals surface area contributed by atoms with Gasteiger partial charge in [0.25, 0.3) is 0 Å². The highest BCUT2D eigenvalue weighted by Gasteiger charge is 2.54. The van der Waals surface area contributed by atoms with Crippen LogP contribution in [0.3, 0.4) is 0 Å². The van der Waals surface area contributed by atoms with Gasteiger partial charge in [-0.1, -0.05) is 24.8 Å². The van der Waals surface area contributed by atoms with Crippen LogP contribution in [0.2, 0.25) is 0 Å². The zero-order valence-corrected chi connectivity index (χ0v) is 14.5. The molecule has 2 fully saturated rings. The van der Waals surface area contributed by atoms with E-state index in [0.717, 1.165) is 36.1 Å². The lowest BCUT2D eigenvalue weighted by Gasteiger charge is -2.22. The first-order chi connectivity index (χ1) is 12.6. The Labute approximate surface area is 152 Å². The van der Waals surface area contributed by atoms with Gasteiger partial charge in [-0.3, -0.25) is 14.6 Å². The number of hydrogen-bond acceptors (Lipinski definition) is 3. The SMILES string of the molecule is C=CC(=O)N1CC2(CC2)C[C@H]1C(=O)Nc1cccc(-c2cccnc2)c1. The predicted molar refractivity (Wildman–Crippen MR) is 100 cm³/mol.